The fourth-order valence-electron chi connectivity index (χ4n) is 1.28. The average Bonchev–Trinajstić information content (AvgIpc) is 2.53. The second-order valence-electron chi connectivity index (χ2n) is 4.34. The number of carboxylic acids is 3. The molecule has 140 valence electrons. The van der Waals surface area contributed by atoms with Crippen LogP contribution in [0, 0.1) is 11.3 Å². The van der Waals surface area contributed by atoms with Gasteiger partial charge in [-0.05, 0) is 37.1 Å². The van der Waals surface area contributed by atoms with Crippen LogP contribution in [0.4, 0.5) is 0 Å². The zero-order chi connectivity index (χ0) is 20.7. The number of nitriles is 1. The lowest BCUT2D eigenvalue weighted by molar-refractivity contribution is -0.133. The first-order valence-corrected chi connectivity index (χ1v) is 7.68. The fraction of sp³-hybridized carbons (Fsp3) is 0.176. The molecular formula is C17H17Cl2NO6. The number of halogens is 2. The molecule has 0 aliphatic rings. The number of carboxylic acid groups (broad SMARTS) is 3. The van der Waals surface area contributed by atoms with Crippen LogP contribution in [0.1, 0.15) is 20.3 Å². The number of hydrogen-bond acceptors (Lipinski definition) is 4. The van der Waals surface area contributed by atoms with E-state index in [1.54, 1.807) is 13.0 Å². The minimum absolute atomic E-state index is 0.0530. The molecule has 0 aromatic carbocycles. The van der Waals surface area contributed by atoms with Gasteiger partial charge in [-0.3, -0.25) is 0 Å². The maximum absolute atomic E-state index is 10.7. The molecule has 26 heavy (non-hydrogen) atoms. The molecule has 0 fully saturated rings. The van der Waals surface area contributed by atoms with Crippen molar-refractivity contribution in [1.29, 1.82) is 5.26 Å². The van der Waals surface area contributed by atoms with Crippen molar-refractivity contribution in [3.8, 4) is 6.07 Å². The van der Waals surface area contributed by atoms with Gasteiger partial charge in [-0.1, -0.05) is 36.2 Å². The Morgan fingerprint density at radius 1 is 1.00 bits per heavy atom. The van der Waals surface area contributed by atoms with E-state index in [0.29, 0.717) is 6.42 Å². The standard InChI is InChI=1S/C10H9NO4.C7H8Cl2O2/c1-7(4-5-9(12)13)8(10(14)15)3-2-6-11;1-2-5(7(10)11)3-4-6(8)9/h2-5H,1H3,(H,12,13)(H,14,15);3-4H,2H2,1H3,(H,10,11). The number of allylic oxidation sites excluding steroid dienone is 5. The van der Waals surface area contributed by atoms with Crippen LogP contribution in [0.2, 0.25) is 0 Å². The van der Waals surface area contributed by atoms with Gasteiger partial charge in [0.25, 0.3) is 0 Å². The SMILES string of the molecule is CC(C=CC(=O)O)=C(C=CC#N)C(=O)O.CCC(=CC=C(Cl)Cl)C(=O)O. The Bertz CT molecular complexity index is 720. The summed E-state index contributed by atoms with van der Waals surface area (Å²) in [5, 5.41) is 33.8. The van der Waals surface area contributed by atoms with Crippen LogP contribution in [0.5, 0.6) is 0 Å². The third-order valence-electron chi connectivity index (χ3n) is 2.52. The molecule has 0 unspecified atom stereocenters. The molecule has 0 heterocycles. The zero-order valence-electron chi connectivity index (χ0n) is 13.9. The maximum Gasteiger partial charge on any atom is 0.335 e. The van der Waals surface area contributed by atoms with Gasteiger partial charge in [0.05, 0.1) is 11.6 Å². The van der Waals surface area contributed by atoms with E-state index in [2.05, 4.69) is 0 Å². The highest BCUT2D eigenvalue weighted by Gasteiger charge is 2.06. The highest BCUT2D eigenvalue weighted by atomic mass is 35.5. The molecule has 0 aliphatic heterocycles. The molecule has 0 rings (SSSR count). The van der Waals surface area contributed by atoms with Crippen molar-refractivity contribution < 1.29 is 29.7 Å². The van der Waals surface area contributed by atoms with E-state index in [1.807, 2.05) is 0 Å². The van der Waals surface area contributed by atoms with E-state index in [-0.39, 0.29) is 21.2 Å². The largest absolute Gasteiger partial charge is 0.478 e. The van der Waals surface area contributed by atoms with Crippen molar-refractivity contribution >= 4 is 41.1 Å². The van der Waals surface area contributed by atoms with Crippen LogP contribution < -0.4 is 0 Å². The van der Waals surface area contributed by atoms with E-state index >= 15 is 0 Å². The zero-order valence-corrected chi connectivity index (χ0v) is 15.5. The fourth-order valence-corrected chi connectivity index (χ4v) is 1.41. The molecule has 0 saturated carbocycles. The van der Waals surface area contributed by atoms with Crippen molar-refractivity contribution in [2.75, 3.05) is 0 Å². The van der Waals surface area contributed by atoms with Gasteiger partial charge in [0.1, 0.15) is 4.49 Å². The molecule has 0 spiro atoms. The Labute approximate surface area is 160 Å². The van der Waals surface area contributed by atoms with Gasteiger partial charge in [0, 0.05) is 17.7 Å². The normalized spacial score (nSPS) is 11.9. The third kappa shape index (κ3) is 13.6. The number of aliphatic carboxylic acids is 3. The summed E-state index contributed by atoms with van der Waals surface area (Å²) in [7, 11) is 0. The van der Waals surface area contributed by atoms with Crippen molar-refractivity contribution in [3.05, 3.63) is 57.7 Å². The minimum Gasteiger partial charge on any atom is -0.478 e. The second kappa shape index (κ2) is 14.5. The average molecular weight is 402 g/mol. The van der Waals surface area contributed by atoms with Gasteiger partial charge < -0.3 is 15.3 Å². The molecular weight excluding hydrogens is 385 g/mol. The van der Waals surface area contributed by atoms with E-state index < -0.39 is 17.9 Å². The van der Waals surface area contributed by atoms with Crippen LogP contribution in [-0.2, 0) is 14.4 Å². The minimum atomic E-state index is -1.21. The third-order valence-corrected chi connectivity index (χ3v) is 2.77. The summed E-state index contributed by atoms with van der Waals surface area (Å²) in [4.78, 5) is 31.2. The predicted octanol–water partition coefficient (Wildman–Crippen LogP) is 3.83. The van der Waals surface area contributed by atoms with Gasteiger partial charge in [-0.25, -0.2) is 14.4 Å². The van der Waals surface area contributed by atoms with Crippen LogP contribution in [-0.4, -0.2) is 33.2 Å². The second-order valence-corrected chi connectivity index (χ2v) is 5.35. The lowest BCUT2D eigenvalue weighted by Gasteiger charge is -1.97. The lowest BCUT2D eigenvalue weighted by Crippen LogP contribution is -2.00. The summed E-state index contributed by atoms with van der Waals surface area (Å²) in [5.74, 6) is -3.32. The van der Waals surface area contributed by atoms with Crippen LogP contribution in [0.25, 0.3) is 0 Å². The first-order valence-electron chi connectivity index (χ1n) is 6.93. The van der Waals surface area contributed by atoms with Gasteiger partial charge >= 0.3 is 17.9 Å². The van der Waals surface area contributed by atoms with Gasteiger partial charge in [-0.2, -0.15) is 5.26 Å². The Morgan fingerprint density at radius 2 is 1.58 bits per heavy atom. The lowest BCUT2D eigenvalue weighted by atomic mass is 10.1. The first-order chi connectivity index (χ1) is 12.1. The Kier molecular flexibility index (Phi) is 14.2. The molecule has 0 bridgehead atoms. The molecule has 9 heteroatoms. The number of carbonyl (C=O) groups is 3. The van der Waals surface area contributed by atoms with Crippen LogP contribution in [0.15, 0.2) is 57.7 Å². The summed E-state index contributed by atoms with van der Waals surface area (Å²) in [5.41, 5.74) is 0.425. The van der Waals surface area contributed by atoms with Crippen molar-refractivity contribution in [2.45, 2.75) is 20.3 Å². The summed E-state index contributed by atoms with van der Waals surface area (Å²) in [6.45, 7) is 3.19. The van der Waals surface area contributed by atoms with E-state index in [0.717, 1.165) is 24.3 Å². The number of nitrogens with zero attached hydrogens (tertiary/aromatic N) is 1. The summed E-state index contributed by atoms with van der Waals surface area (Å²) >= 11 is 10.5. The Balaban J connectivity index is 0. The molecule has 3 N–H and O–H groups in total. The summed E-state index contributed by atoms with van der Waals surface area (Å²) in [6.07, 6.45) is 7.30. The smallest absolute Gasteiger partial charge is 0.335 e. The van der Waals surface area contributed by atoms with Crippen LogP contribution in [0.3, 0.4) is 0 Å². The van der Waals surface area contributed by atoms with Crippen molar-refractivity contribution in [1.82, 2.24) is 0 Å². The van der Waals surface area contributed by atoms with Crippen molar-refractivity contribution in [3.63, 3.8) is 0 Å². The molecule has 0 amide bonds. The molecule has 0 aromatic rings. The quantitative estimate of drug-likeness (QED) is 0.334. The van der Waals surface area contributed by atoms with E-state index in [1.165, 1.54) is 19.1 Å². The molecule has 0 saturated heterocycles. The Hall–Kier alpha value is -2.82. The summed E-state index contributed by atoms with van der Waals surface area (Å²) < 4.78 is 0.0530. The molecule has 0 aliphatic carbocycles. The maximum atomic E-state index is 10.7. The van der Waals surface area contributed by atoms with Crippen molar-refractivity contribution in [2.24, 2.45) is 0 Å². The highest BCUT2D eigenvalue weighted by molar-refractivity contribution is 6.56. The first kappa shape index (κ1) is 25.4. The van der Waals surface area contributed by atoms with Gasteiger partial charge in [-0.15, -0.1) is 0 Å². The predicted molar refractivity (Wildman–Crippen MR) is 97.7 cm³/mol. The topological polar surface area (TPSA) is 136 Å². The number of rotatable bonds is 7. The Morgan fingerprint density at radius 3 is 1.92 bits per heavy atom. The van der Waals surface area contributed by atoms with Crippen LogP contribution >= 0.6 is 23.2 Å². The molecule has 0 aromatic heterocycles. The van der Waals surface area contributed by atoms with Gasteiger partial charge in [0.2, 0.25) is 0 Å². The molecule has 0 radical (unpaired) electrons. The monoisotopic (exact) mass is 401 g/mol. The van der Waals surface area contributed by atoms with Gasteiger partial charge in [0.15, 0.2) is 0 Å². The van der Waals surface area contributed by atoms with E-state index in [9.17, 15) is 14.4 Å². The molecule has 0 atom stereocenters. The van der Waals surface area contributed by atoms with E-state index in [4.69, 9.17) is 43.8 Å². The highest BCUT2D eigenvalue weighted by Crippen LogP contribution is 2.09. The molecule has 7 nitrogen and oxygen atoms in total. The number of hydrogen-bond donors (Lipinski definition) is 3. The summed E-state index contributed by atoms with van der Waals surface area (Å²) in [6, 6.07) is 1.65.